The molecular formula is C34H37F3N8O3. The van der Waals surface area contributed by atoms with E-state index >= 15 is 0 Å². The number of benzene rings is 2. The van der Waals surface area contributed by atoms with E-state index in [1.54, 1.807) is 32.2 Å². The van der Waals surface area contributed by atoms with Gasteiger partial charge in [-0.2, -0.15) is 18.2 Å². The molecule has 0 saturated carbocycles. The third-order valence-electron chi connectivity index (χ3n) is 8.12. The van der Waals surface area contributed by atoms with Gasteiger partial charge in [-0.05, 0) is 36.6 Å². The third-order valence-corrected chi connectivity index (χ3v) is 8.12. The number of rotatable bonds is 9. The van der Waals surface area contributed by atoms with E-state index in [0.717, 1.165) is 11.1 Å². The molecule has 1 fully saturated rings. The van der Waals surface area contributed by atoms with Crippen LogP contribution in [0.5, 0.6) is 5.88 Å². The molecule has 5 rings (SSSR count). The van der Waals surface area contributed by atoms with Crippen molar-refractivity contribution in [2.75, 3.05) is 42.7 Å². The fourth-order valence-electron chi connectivity index (χ4n) is 5.60. The van der Waals surface area contributed by atoms with Crippen LogP contribution >= 0.6 is 0 Å². The normalized spacial score (nSPS) is 15.2. The quantitative estimate of drug-likeness (QED) is 0.188. The molecule has 0 radical (unpaired) electrons. The maximum Gasteiger partial charge on any atom is 0.421 e. The summed E-state index contributed by atoms with van der Waals surface area (Å²) in [5.41, 5.74) is 2.88. The predicted molar refractivity (Wildman–Crippen MR) is 177 cm³/mol. The fourth-order valence-corrected chi connectivity index (χ4v) is 5.60. The summed E-state index contributed by atoms with van der Waals surface area (Å²) in [6.07, 6.45) is -2.52. The van der Waals surface area contributed by atoms with Gasteiger partial charge in [0.15, 0.2) is 0 Å². The van der Waals surface area contributed by atoms with Gasteiger partial charge in [0.05, 0.1) is 24.2 Å². The Balaban J connectivity index is 1.59. The van der Waals surface area contributed by atoms with Crippen molar-refractivity contribution in [2.24, 2.45) is 0 Å². The van der Waals surface area contributed by atoms with Crippen molar-refractivity contribution in [1.82, 2.24) is 24.8 Å². The van der Waals surface area contributed by atoms with E-state index in [9.17, 15) is 22.8 Å². The fraction of sp³-hybridized carbons (Fsp3) is 0.324. The van der Waals surface area contributed by atoms with E-state index in [2.05, 4.69) is 35.8 Å². The first-order chi connectivity index (χ1) is 22.8. The van der Waals surface area contributed by atoms with Crippen molar-refractivity contribution in [1.29, 1.82) is 0 Å². The number of anilines is 5. The molecule has 1 saturated heterocycles. The minimum Gasteiger partial charge on any atom is -0.481 e. The molecule has 1 aliphatic heterocycles. The van der Waals surface area contributed by atoms with E-state index in [4.69, 9.17) is 4.74 Å². The molecule has 3 heterocycles. The Bertz CT molecular complexity index is 1800. The number of amides is 2. The lowest BCUT2D eigenvalue weighted by Crippen LogP contribution is -2.52. The lowest BCUT2D eigenvalue weighted by Gasteiger charge is -2.40. The Morgan fingerprint density at radius 1 is 1.00 bits per heavy atom. The van der Waals surface area contributed by atoms with Gasteiger partial charge in [-0.1, -0.05) is 36.4 Å². The van der Waals surface area contributed by atoms with E-state index in [1.165, 1.54) is 14.0 Å². The van der Waals surface area contributed by atoms with Crippen molar-refractivity contribution >= 4 is 40.6 Å². The number of alkyl halides is 3. The number of nitrogens with one attached hydrogen (secondary N) is 3. The molecule has 2 amide bonds. The van der Waals surface area contributed by atoms with Crippen LogP contribution < -0.4 is 20.7 Å². The van der Waals surface area contributed by atoms with Gasteiger partial charge in [0.1, 0.15) is 11.4 Å². The van der Waals surface area contributed by atoms with Crippen molar-refractivity contribution in [3.05, 3.63) is 77.6 Å². The Morgan fingerprint density at radius 3 is 2.40 bits per heavy atom. The Labute approximate surface area is 276 Å². The summed E-state index contributed by atoms with van der Waals surface area (Å²) >= 11 is 0. The van der Waals surface area contributed by atoms with Crippen molar-refractivity contribution in [3.8, 4) is 17.0 Å². The molecule has 3 N–H and O–H groups in total. The highest BCUT2D eigenvalue weighted by Crippen LogP contribution is 2.42. The summed E-state index contributed by atoms with van der Waals surface area (Å²) in [5, 5.41) is 8.69. The molecule has 0 bridgehead atoms. The number of carbonyl (C=O) groups is 2. The molecule has 14 heteroatoms. The number of nitrogens with zero attached hydrogens (tertiary/aromatic N) is 5. The number of pyridine rings is 1. The van der Waals surface area contributed by atoms with Gasteiger partial charge < -0.3 is 25.6 Å². The van der Waals surface area contributed by atoms with E-state index in [1.807, 2.05) is 48.2 Å². The summed E-state index contributed by atoms with van der Waals surface area (Å²) in [5.74, 6) is -0.685. The summed E-state index contributed by atoms with van der Waals surface area (Å²) in [6.45, 7) is 8.98. The number of aryl methyl sites for hydroxylation is 1. The topological polar surface area (TPSA) is 125 Å². The van der Waals surface area contributed by atoms with Crippen LogP contribution in [0.3, 0.4) is 0 Å². The van der Waals surface area contributed by atoms with Gasteiger partial charge in [0.25, 0.3) is 0 Å². The van der Waals surface area contributed by atoms with E-state index in [-0.39, 0.29) is 23.6 Å². The summed E-state index contributed by atoms with van der Waals surface area (Å²) < 4.78 is 48.1. The third kappa shape index (κ3) is 7.82. The van der Waals surface area contributed by atoms with Crippen LogP contribution in [-0.4, -0.2) is 69.4 Å². The minimum absolute atomic E-state index is 0.0202. The highest BCUT2D eigenvalue weighted by molar-refractivity contribution is 6.01. The Kier molecular flexibility index (Phi) is 10.1. The number of halogens is 3. The molecule has 0 unspecified atom stereocenters. The standard InChI is InChI=1S/C34H37F3N8O3/c1-20-16-38-29(48-5)15-28(20)42-33-39-17-26(34(35,36)37)32(43-33)41-27-12-11-25(19-44-13-14-45(23(4)47)18-21(44)2)30(31(27)40-22(3)46)24-9-7-6-8-10-24/h6-12,15-17,21H,13-14,18-19H2,1-5H3,(H,40,46)(H2,38,39,41,42,43)/t21-/m1/s1. The average Bonchev–Trinajstić information content (AvgIpc) is 3.04. The SMILES string of the molecule is COc1cc(Nc2ncc(C(F)(F)F)c(Nc3ccc(CN4CCN(C(C)=O)C[C@H]4C)c(-c4ccccc4)c3NC(C)=O)n2)c(C)cn1. The number of carbonyl (C=O) groups excluding carboxylic acids is 2. The van der Waals surface area contributed by atoms with Gasteiger partial charge >= 0.3 is 6.18 Å². The summed E-state index contributed by atoms with van der Waals surface area (Å²) in [6, 6.07) is 14.4. The van der Waals surface area contributed by atoms with Crippen molar-refractivity contribution in [3.63, 3.8) is 0 Å². The smallest absolute Gasteiger partial charge is 0.421 e. The number of methoxy groups -OCH3 is 1. The van der Waals surface area contributed by atoms with Gasteiger partial charge in [-0.25, -0.2) is 9.97 Å². The van der Waals surface area contributed by atoms with Crippen LogP contribution in [0.15, 0.2) is 60.9 Å². The Hall–Kier alpha value is -5.24. The van der Waals surface area contributed by atoms with Crippen LogP contribution in [0.25, 0.3) is 11.1 Å². The number of ether oxygens (including phenoxy) is 1. The zero-order chi connectivity index (χ0) is 34.6. The molecule has 11 nitrogen and oxygen atoms in total. The highest BCUT2D eigenvalue weighted by Gasteiger charge is 2.36. The second kappa shape index (κ2) is 14.3. The molecule has 2 aromatic heterocycles. The maximum absolute atomic E-state index is 14.3. The van der Waals surface area contributed by atoms with Crippen LogP contribution in [-0.2, 0) is 22.3 Å². The number of piperazine rings is 1. The van der Waals surface area contributed by atoms with Gasteiger partial charge in [-0.3, -0.25) is 14.5 Å². The second-order valence-electron chi connectivity index (χ2n) is 11.6. The van der Waals surface area contributed by atoms with Crippen molar-refractivity contribution < 1.29 is 27.5 Å². The van der Waals surface area contributed by atoms with Crippen LogP contribution in [0.4, 0.5) is 42.0 Å². The minimum atomic E-state index is -4.79. The Morgan fingerprint density at radius 2 is 1.75 bits per heavy atom. The van der Waals surface area contributed by atoms with Crippen molar-refractivity contribution in [2.45, 2.75) is 46.5 Å². The first kappa shape index (κ1) is 34.1. The first-order valence-electron chi connectivity index (χ1n) is 15.3. The number of aromatic nitrogens is 3. The zero-order valence-corrected chi connectivity index (χ0v) is 27.3. The molecule has 2 aromatic carbocycles. The predicted octanol–water partition coefficient (Wildman–Crippen LogP) is 6.37. The lowest BCUT2D eigenvalue weighted by molar-refractivity contribution is -0.137. The van der Waals surface area contributed by atoms with Crippen LogP contribution in [0, 0.1) is 6.92 Å². The summed E-state index contributed by atoms with van der Waals surface area (Å²) in [7, 11) is 1.45. The number of hydrogen-bond donors (Lipinski definition) is 3. The average molecular weight is 663 g/mol. The summed E-state index contributed by atoms with van der Waals surface area (Å²) in [4.78, 5) is 40.9. The second-order valence-corrected chi connectivity index (χ2v) is 11.6. The number of hydrogen-bond acceptors (Lipinski definition) is 9. The molecule has 1 aliphatic rings. The largest absolute Gasteiger partial charge is 0.481 e. The molecule has 252 valence electrons. The van der Waals surface area contributed by atoms with Gasteiger partial charge in [-0.15, -0.1) is 0 Å². The van der Waals surface area contributed by atoms with Crippen LogP contribution in [0.2, 0.25) is 0 Å². The first-order valence-corrected chi connectivity index (χ1v) is 15.3. The molecule has 0 spiro atoms. The van der Waals surface area contributed by atoms with E-state index < -0.39 is 23.5 Å². The van der Waals surface area contributed by atoms with Gasteiger partial charge in [0, 0.05) is 70.1 Å². The van der Waals surface area contributed by atoms with Gasteiger partial charge in [0.2, 0.25) is 23.6 Å². The maximum atomic E-state index is 14.3. The van der Waals surface area contributed by atoms with Crippen LogP contribution in [0.1, 0.15) is 37.5 Å². The zero-order valence-electron chi connectivity index (χ0n) is 27.3. The molecule has 4 aromatic rings. The molecule has 0 aliphatic carbocycles. The monoisotopic (exact) mass is 662 g/mol. The molecule has 48 heavy (non-hydrogen) atoms. The molecule has 1 atom stereocenters. The highest BCUT2D eigenvalue weighted by atomic mass is 19.4. The van der Waals surface area contributed by atoms with E-state index in [0.29, 0.717) is 60.8 Å². The lowest BCUT2D eigenvalue weighted by atomic mass is 9.95. The molecular weight excluding hydrogens is 625 g/mol.